The van der Waals surface area contributed by atoms with Crippen molar-refractivity contribution in [2.75, 3.05) is 26.3 Å². The van der Waals surface area contributed by atoms with Crippen molar-refractivity contribution in [3.05, 3.63) is 89.3 Å². The van der Waals surface area contributed by atoms with Crippen molar-refractivity contribution >= 4 is 5.91 Å². The van der Waals surface area contributed by atoms with E-state index in [1.807, 2.05) is 42.1 Å². The van der Waals surface area contributed by atoms with Crippen molar-refractivity contribution in [3.63, 3.8) is 0 Å². The summed E-state index contributed by atoms with van der Waals surface area (Å²) >= 11 is 0. The van der Waals surface area contributed by atoms with E-state index in [0.717, 1.165) is 24.2 Å². The van der Waals surface area contributed by atoms with Crippen LogP contribution in [0.15, 0.2) is 60.9 Å². The molecule has 1 atom stereocenters. The fourth-order valence-corrected chi connectivity index (χ4v) is 3.70. The highest BCUT2D eigenvalue weighted by molar-refractivity contribution is 5.96. The normalized spacial score (nSPS) is 15.7. The minimum atomic E-state index is -0.491. The maximum Gasteiger partial charge on any atom is 0.252 e. The Morgan fingerprint density at radius 2 is 1.90 bits per heavy atom. The molecular formula is C23H25FN4O2. The minimum absolute atomic E-state index is 0.184. The number of hydrogen-bond donors (Lipinski definition) is 1. The van der Waals surface area contributed by atoms with Gasteiger partial charge in [0.15, 0.2) is 0 Å². The highest BCUT2D eigenvalue weighted by atomic mass is 19.1. The molecule has 4 rings (SSSR count). The number of carbonyl (C=O) groups excluding carboxylic acids is 1. The second-order valence-corrected chi connectivity index (χ2v) is 7.40. The second kappa shape index (κ2) is 9.19. The highest BCUT2D eigenvalue weighted by Gasteiger charge is 2.23. The number of amides is 1. The summed E-state index contributed by atoms with van der Waals surface area (Å²) in [5.74, 6) is 0.177. The molecule has 0 bridgehead atoms. The number of halogens is 1. The van der Waals surface area contributed by atoms with Gasteiger partial charge >= 0.3 is 0 Å². The van der Waals surface area contributed by atoms with E-state index in [4.69, 9.17) is 4.74 Å². The highest BCUT2D eigenvalue weighted by Crippen LogP contribution is 2.22. The van der Waals surface area contributed by atoms with Crippen LogP contribution in [0.3, 0.4) is 0 Å². The summed E-state index contributed by atoms with van der Waals surface area (Å²) in [6.07, 6.45) is 3.51. The van der Waals surface area contributed by atoms with Crippen molar-refractivity contribution in [3.8, 4) is 0 Å². The summed E-state index contributed by atoms with van der Waals surface area (Å²) in [6, 6.07) is 13.3. The van der Waals surface area contributed by atoms with Gasteiger partial charge in [0.1, 0.15) is 17.7 Å². The fourth-order valence-electron chi connectivity index (χ4n) is 3.70. The summed E-state index contributed by atoms with van der Waals surface area (Å²) in [7, 11) is 1.87. The molecule has 2 aromatic carbocycles. The predicted octanol–water partition coefficient (Wildman–Crippen LogP) is 2.91. The van der Waals surface area contributed by atoms with Crippen LogP contribution in [0.4, 0.5) is 4.39 Å². The summed E-state index contributed by atoms with van der Waals surface area (Å²) in [5, 5.41) is 3.10. The van der Waals surface area contributed by atoms with Crippen LogP contribution < -0.4 is 5.32 Å². The zero-order valence-corrected chi connectivity index (χ0v) is 16.9. The zero-order valence-electron chi connectivity index (χ0n) is 16.9. The molecule has 0 spiro atoms. The fraction of sp³-hybridized carbons (Fsp3) is 0.304. The largest absolute Gasteiger partial charge is 0.379 e. The minimum Gasteiger partial charge on any atom is -0.379 e. The Bertz CT molecular complexity index is 996. The van der Waals surface area contributed by atoms with Crippen molar-refractivity contribution in [1.29, 1.82) is 0 Å². The van der Waals surface area contributed by atoms with E-state index in [0.29, 0.717) is 31.1 Å². The number of aromatic nitrogens is 2. The van der Waals surface area contributed by atoms with Gasteiger partial charge in [-0.3, -0.25) is 9.69 Å². The first kappa shape index (κ1) is 20.3. The first-order chi connectivity index (χ1) is 14.6. The van der Waals surface area contributed by atoms with Gasteiger partial charge in [0.05, 0.1) is 13.2 Å². The Kier molecular flexibility index (Phi) is 6.21. The number of nitrogens with one attached hydrogen (secondary N) is 1. The van der Waals surface area contributed by atoms with Crippen molar-refractivity contribution < 1.29 is 13.9 Å². The van der Waals surface area contributed by atoms with Crippen LogP contribution >= 0.6 is 0 Å². The van der Waals surface area contributed by atoms with Crippen molar-refractivity contribution in [2.45, 2.75) is 12.6 Å². The van der Waals surface area contributed by atoms with Crippen LogP contribution in [0, 0.1) is 5.82 Å². The molecule has 1 aliphatic rings. The third kappa shape index (κ3) is 4.58. The summed E-state index contributed by atoms with van der Waals surface area (Å²) in [4.78, 5) is 20.0. The van der Waals surface area contributed by atoms with Gasteiger partial charge in [-0.25, -0.2) is 9.37 Å². The van der Waals surface area contributed by atoms with Crippen LogP contribution in [0.25, 0.3) is 0 Å². The maximum atomic E-state index is 13.5. The van der Waals surface area contributed by atoms with Gasteiger partial charge < -0.3 is 14.6 Å². The molecule has 0 unspecified atom stereocenters. The van der Waals surface area contributed by atoms with E-state index in [9.17, 15) is 9.18 Å². The second-order valence-electron chi connectivity index (χ2n) is 7.40. The van der Waals surface area contributed by atoms with Gasteiger partial charge in [-0.15, -0.1) is 0 Å². The summed E-state index contributed by atoms with van der Waals surface area (Å²) in [5.41, 5.74) is 2.37. The topological polar surface area (TPSA) is 59.4 Å². The molecule has 1 aliphatic heterocycles. The van der Waals surface area contributed by atoms with Crippen LogP contribution in [-0.2, 0) is 18.3 Å². The van der Waals surface area contributed by atoms with Crippen LogP contribution in [0.1, 0.15) is 33.4 Å². The first-order valence-electron chi connectivity index (χ1n) is 10.0. The lowest BCUT2D eigenvalue weighted by Crippen LogP contribution is -2.37. The van der Waals surface area contributed by atoms with Gasteiger partial charge in [-0.1, -0.05) is 30.3 Å². The van der Waals surface area contributed by atoms with E-state index < -0.39 is 6.04 Å². The molecule has 30 heavy (non-hydrogen) atoms. The average Bonchev–Trinajstić information content (AvgIpc) is 3.19. The lowest BCUT2D eigenvalue weighted by atomic mass is 10.0. The lowest BCUT2D eigenvalue weighted by molar-refractivity contribution is 0.0340. The van der Waals surface area contributed by atoms with Gasteiger partial charge in [0.2, 0.25) is 0 Å². The Balaban J connectivity index is 1.60. The quantitative estimate of drug-likeness (QED) is 0.681. The van der Waals surface area contributed by atoms with E-state index in [-0.39, 0.29) is 11.7 Å². The standard InChI is InChI=1S/C23H25FN4O2/c1-27-11-10-25-22(27)21(17-6-8-19(24)9-7-17)26-23(29)20-5-3-2-4-18(20)16-28-12-14-30-15-13-28/h2-11,21H,12-16H2,1H3,(H,26,29)/t21-/m1/s1. The monoisotopic (exact) mass is 408 g/mol. The van der Waals surface area contributed by atoms with E-state index in [1.54, 1.807) is 18.3 Å². The molecule has 7 heteroatoms. The van der Waals surface area contributed by atoms with Crippen molar-refractivity contribution in [2.24, 2.45) is 7.05 Å². The zero-order chi connectivity index (χ0) is 20.9. The van der Waals surface area contributed by atoms with Gasteiger partial charge in [0.25, 0.3) is 5.91 Å². The summed E-state index contributed by atoms with van der Waals surface area (Å²) in [6.45, 7) is 3.81. The third-order valence-electron chi connectivity index (χ3n) is 5.36. The number of rotatable bonds is 6. The molecule has 1 saturated heterocycles. The summed E-state index contributed by atoms with van der Waals surface area (Å²) < 4.78 is 20.7. The van der Waals surface area contributed by atoms with Gasteiger partial charge in [-0.2, -0.15) is 0 Å². The van der Waals surface area contributed by atoms with Crippen LogP contribution in [-0.4, -0.2) is 46.7 Å². The first-order valence-corrected chi connectivity index (χ1v) is 10.0. The molecule has 0 aliphatic carbocycles. The van der Waals surface area contributed by atoms with E-state index in [2.05, 4.69) is 15.2 Å². The molecule has 6 nitrogen and oxygen atoms in total. The smallest absolute Gasteiger partial charge is 0.252 e. The Labute approximate surface area is 175 Å². The molecular weight excluding hydrogens is 383 g/mol. The van der Waals surface area contributed by atoms with Crippen molar-refractivity contribution in [1.82, 2.24) is 19.8 Å². The Hall–Kier alpha value is -3.03. The maximum absolute atomic E-state index is 13.5. The SMILES string of the molecule is Cn1ccnc1[C@H](NC(=O)c1ccccc1CN1CCOCC1)c1ccc(F)cc1. The molecule has 1 amide bonds. The van der Waals surface area contributed by atoms with E-state index >= 15 is 0 Å². The number of nitrogens with zero attached hydrogens (tertiary/aromatic N) is 3. The number of ether oxygens (including phenoxy) is 1. The predicted molar refractivity (Wildman–Crippen MR) is 111 cm³/mol. The number of aryl methyl sites for hydroxylation is 1. The number of imidazole rings is 1. The molecule has 3 aromatic rings. The number of morpholine rings is 1. The lowest BCUT2D eigenvalue weighted by Gasteiger charge is -2.27. The number of hydrogen-bond acceptors (Lipinski definition) is 4. The van der Waals surface area contributed by atoms with E-state index in [1.165, 1.54) is 12.1 Å². The molecule has 2 heterocycles. The molecule has 1 N–H and O–H groups in total. The number of benzene rings is 2. The molecule has 1 aromatic heterocycles. The molecule has 0 saturated carbocycles. The van der Waals surface area contributed by atoms with Crippen LogP contribution in [0.5, 0.6) is 0 Å². The third-order valence-corrected chi connectivity index (χ3v) is 5.36. The molecule has 1 fully saturated rings. The molecule has 0 radical (unpaired) electrons. The van der Waals surface area contributed by atoms with Gasteiger partial charge in [0, 0.05) is 44.6 Å². The molecule has 156 valence electrons. The number of carbonyl (C=O) groups is 1. The Morgan fingerprint density at radius 1 is 1.17 bits per heavy atom. The van der Waals surface area contributed by atoms with Gasteiger partial charge in [-0.05, 0) is 29.3 Å². The Morgan fingerprint density at radius 3 is 2.60 bits per heavy atom. The average molecular weight is 408 g/mol. The van der Waals surface area contributed by atoms with Crippen LogP contribution in [0.2, 0.25) is 0 Å².